The largest absolute Gasteiger partial charge is 0.398 e. The van der Waals surface area contributed by atoms with Gasteiger partial charge in [0.15, 0.2) is 0 Å². The predicted octanol–water partition coefficient (Wildman–Crippen LogP) is 2.36. The molecule has 0 saturated heterocycles. The average molecular weight is 287 g/mol. The Morgan fingerprint density at radius 1 is 1.38 bits per heavy atom. The molecule has 1 heterocycles. The smallest absolute Gasteiger partial charge is 0.269 e. The monoisotopic (exact) mass is 287 g/mol. The molecule has 5 nitrogen and oxygen atoms in total. The molecule has 0 aliphatic heterocycles. The van der Waals surface area contributed by atoms with Crippen molar-refractivity contribution in [2.75, 3.05) is 18.9 Å². The number of amides is 1. The minimum Gasteiger partial charge on any atom is -0.398 e. The summed E-state index contributed by atoms with van der Waals surface area (Å²) in [7, 11) is 0. The van der Waals surface area contributed by atoms with Crippen molar-refractivity contribution in [1.82, 2.24) is 10.3 Å². The van der Waals surface area contributed by atoms with Crippen molar-refractivity contribution in [2.24, 2.45) is 0 Å². The van der Waals surface area contributed by atoms with Crippen molar-refractivity contribution >= 4 is 22.5 Å². The number of benzene rings is 1. The summed E-state index contributed by atoms with van der Waals surface area (Å²) in [4.78, 5) is 16.4. The molecule has 0 atom stereocenters. The Hall–Kier alpha value is -2.14. The highest BCUT2D eigenvalue weighted by Gasteiger charge is 2.10. The fourth-order valence-electron chi connectivity index (χ4n) is 2.00. The van der Waals surface area contributed by atoms with Gasteiger partial charge in [0, 0.05) is 24.2 Å². The second-order valence-corrected chi connectivity index (χ2v) is 5.14. The molecular formula is C16H21N3O2. The molecule has 0 bridgehead atoms. The highest BCUT2D eigenvalue weighted by molar-refractivity contribution is 5.99. The number of carbonyl (C=O) groups excluding carboxylic acids is 1. The summed E-state index contributed by atoms with van der Waals surface area (Å²) >= 11 is 0. The third kappa shape index (κ3) is 4.16. The molecule has 0 saturated carbocycles. The summed E-state index contributed by atoms with van der Waals surface area (Å²) in [6.07, 6.45) is 0.982. The number of nitrogens with zero attached hydrogens (tertiary/aromatic N) is 1. The van der Waals surface area contributed by atoms with Crippen LogP contribution in [0.15, 0.2) is 30.3 Å². The Morgan fingerprint density at radius 3 is 2.90 bits per heavy atom. The van der Waals surface area contributed by atoms with Crippen LogP contribution < -0.4 is 11.1 Å². The van der Waals surface area contributed by atoms with Crippen LogP contribution in [-0.4, -0.2) is 30.1 Å². The number of aromatic nitrogens is 1. The van der Waals surface area contributed by atoms with Gasteiger partial charge in [-0.2, -0.15) is 0 Å². The molecule has 0 radical (unpaired) electrons. The van der Waals surface area contributed by atoms with Crippen molar-refractivity contribution < 1.29 is 9.53 Å². The predicted molar refractivity (Wildman–Crippen MR) is 84.2 cm³/mol. The number of pyridine rings is 1. The molecule has 1 amide bonds. The highest BCUT2D eigenvalue weighted by Crippen LogP contribution is 2.19. The molecule has 0 fully saturated rings. The minimum atomic E-state index is -0.211. The lowest BCUT2D eigenvalue weighted by atomic mass is 10.1. The average Bonchev–Trinajstić information content (AvgIpc) is 2.46. The van der Waals surface area contributed by atoms with Crippen molar-refractivity contribution in [3.63, 3.8) is 0 Å². The fourth-order valence-corrected chi connectivity index (χ4v) is 2.00. The lowest BCUT2D eigenvalue weighted by Gasteiger charge is -2.09. The SMILES string of the molecule is CC(C)OCCCNC(=O)c1cc(N)c2ccccc2n1. The summed E-state index contributed by atoms with van der Waals surface area (Å²) in [6, 6.07) is 9.12. The van der Waals surface area contributed by atoms with Gasteiger partial charge >= 0.3 is 0 Å². The maximum atomic E-state index is 12.1. The number of hydrogen-bond acceptors (Lipinski definition) is 4. The molecular weight excluding hydrogens is 266 g/mol. The van der Waals surface area contributed by atoms with Gasteiger partial charge in [-0.25, -0.2) is 4.98 Å². The zero-order chi connectivity index (χ0) is 15.2. The van der Waals surface area contributed by atoms with Crippen LogP contribution in [-0.2, 0) is 4.74 Å². The zero-order valence-corrected chi connectivity index (χ0v) is 12.4. The molecule has 2 aromatic rings. The van der Waals surface area contributed by atoms with Gasteiger partial charge in [-0.3, -0.25) is 4.79 Å². The highest BCUT2D eigenvalue weighted by atomic mass is 16.5. The summed E-state index contributed by atoms with van der Waals surface area (Å²) in [5.74, 6) is -0.211. The standard InChI is InChI=1S/C16H21N3O2/c1-11(2)21-9-5-8-18-16(20)15-10-13(17)12-6-3-4-7-14(12)19-15/h3-4,6-7,10-11H,5,8-9H2,1-2H3,(H2,17,19)(H,18,20). The quantitative estimate of drug-likeness (QED) is 0.800. The summed E-state index contributed by atoms with van der Waals surface area (Å²) < 4.78 is 5.42. The van der Waals surface area contributed by atoms with Crippen LogP contribution in [0.25, 0.3) is 10.9 Å². The van der Waals surface area contributed by atoms with E-state index in [9.17, 15) is 4.79 Å². The first-order valence-corrected chi connectivity index (χ1v) is 7.13. The molecule has 0 unspecified atom stereocenters. The first-order chi connectivity index (χ1) is 10.1. The summed E-state index contributed by atoms with van der Waals surface area (Å²) in [6.45, 7) is 5.16. The number of anilines is 1. The van der Waals surface area contributed by atoms with E-state index in [0.717, 1.165) is 17.3 Å². The Labute approximate surface area is 124 Å². The topological polar surface area (TPSA) is 77.2 Å². The van der Waals surface area contributed by atoms with Crippen LogP contribution in [0, 0.1) is 0 Å². The number of hydrogen-bond donors (Lipinski definition) is 2. The number of nitrogens with one attached hydrogen (secondary N) is 1. The summed E-state index contributed by atoms with van der Waals surface area (Å²) in [5, 5.41) is 3.69. The summed E-state index contributed by atoms with van der Waals surface area (Å²) in [5.41, 5.74) is 7.60. The molecule has 112 valence electrons. The van der Waals surface area contributed by atoms with E-state index in [1.54, 1.807) is 6.07 Å². The van der Waals surface area contributed by atoms with E-state index in [4.69, 9.17) is 10.5 Å². The maximum Gasteiger partial charge on any atom is 0.269 e. The number of carbonyl (C=O) groups is 1. The van der Waals surface area contributed by atoms with Crippen LogP contribution in [0.3, 0.4) is 0 Å². The minimum absolute atomic E-state index is 0.211. The molecule has 3 N–H and O–H groups in total. The number of nitrogens with two attached hydrogens (primary N) is 1. The van der Waals surface area contributed by atoms with Crippen LogP contribution in [0.1, 0.15) is 30.8 Å². The normalized spacial score (nSPS) is 11.0. The molecule has 0 spiro atoms. The fraction of sp³-hybridized carbons (Fsp3) is 0.375. The lowest BCUT2D eigenvalue weighted by molar-refractivity contribution is 0.0756. The zero-order valence-electron chi connectivity index (χ0n) is 12.4. The van der Waals surface area contributed by atoms with E-state index in [1.165, 1.54) is 0 Å². The molecule has 1 aromatic heterocycles. The van der Waals surface area contributed by atoms with Crippen molar-refractivity contribution in [3.05, 3.63) is 36.0 Å². The van der Waals surface area contributed by atoms with Crippen molar-refractivity contribution in [1.29, 1.82) is 0 Å². The van der Waals surface area contributed by atoms with Gasteiger partial charge in [-0.1, -0.05) is 18.2 Å². The van der Waals surface area contributed by atoms with Gasteiger partial charge in [0.1, 0.15) is 5.69 Å². The van der Waals surface area contributed by atoms with E-state index in [-0.39, 0.29) is 12.0 Å². The number of nitrogen functional groups attached to an aromatic ring is 1. The molecule has 1 aromatic carbocycles. The molecule has 0 aliphatic carbocycles. The van der Waals surface area contributed by atoms with Crippen LogP contribution >= 0.6 is 0 Å². The first kappa shape index (κ1) is 15.3. The molecule has 5 heteroatoms. The van der Waals surface area contributed by atoms with Crippen LogP contribution in [0.5, 0.6) is 0 Å². The van der Waals surface area contributed by atoms with E-state index >= 15 is 0 Å². The Balaban J connectivity index is 1.96. The third-order valence-corrected chi connectivity index (χ3v) is 3.04. The second-order valence-electron chi connectivity index (χ2n) is 5.14. The maximum absolute atomic E-state index is 12.1. The third-order valence-electron chi connectivity index (χ3n) is 3.04. The molecule has 0 aliphatic rings. The van der Waals surface area contributed by atoms with Crippen molar-refractivity contribution in [2.45, 2.75) is 26.4 Å². The molecule has 21 heavy (non-hydrogen) atoms. The number of rotatable bonds is 6. The second kappa shape index (κ2) is 7.04. The van der Waals surface area contributed by atoms with Gasteiger partial charge in [0.05, 0.1) is 11.6 Å². The number of para-hydroxylation sites is 1. The van der Waals surface area contributed by atoms with E-state index in [0.29, 0.717) is 24.5 Å². The van der Waals surface area contributed by atoms with E-state index in [2.05, 4.69) is 10.3 Å². The van der Waals surface area contributed by atoms with Crippen LogP contribution in [0.4, 0.5) is 5.69 Å². The van der Waals surface area contributed by atoms with Crippen LogP contribution in [0.2, 0.25) is 0 Å². The Morgan fingerprint density at radius 2 is 2.14 bits per heavy atom. The number of ether oxygens (including phenoxy) is 1. The first-order valence-electron chi connectivity index (χ1n) is 7.13. The van der Waals surface area contributed by atoms with Gasteiger partial charge in [0.25, 0.3) is 5.91 Å². The lowest BCUT2D eigenvalue weighted by Crippen LogP contribution is -2.26. The van der Waals surface area contributed by atoms with E-state index < -0.39 is 0 Å². The van der Waals surface area contributed by atoms with Gasteiger partial charge in [0.2, 0.25) is 0 Å². The Kier molecular flexibility index (Phi) is 5.11. The van der Waals surface area contributed by atoms with Gasteiger partial charge in [-0.05, 0) is 32.4 Å². The van der Waals surface area contributed by atoms with E-state index in [1.807, 2.05) is 38.1 Å². The number of fused-ring (bicyclic) bond motifs is 1. The Bertz CT molecular complexity index is 626. The molecule has 2 rings (SSSR count). The van der Waals surface area contributed by atoms with Gasteiger partial charge in [-0.15, -0.1) is 0 Å². The van der Waals surface area contributed by atoms with Crippen molar-refractivity contribution in [3.8, 4) is 0 Å². The van der Waals surface area contributed by atoms with Gasteiger partial charge < -0.3 is 15.8 Å².